The minimum atomic E-state index is -0.932. The van der Waals surface area contributed by atoms with Gasteiger partial charge < -0.3 is 20.0 Å². The van der Waals surface area contributed by atoms with Crippen molar-refractivity contribution in [1.29, 1.82) is 0 Å². The highest BCUT2D eigenvalue weighted by atomic mass is 32.2. The van der Waals surface area contributed by atoms with Crippen LogP contribution in [0.2, 0.25) is 0 Å². The number of amides is 2. The summed E-state index contributed by atoms with van der Waals surface area (Å²) in [4.78, 5) is 26.9. The van der Waals surface area contributed by atoms with Crippen LogP contribution in [-0.2, 0) is 4.79 Å². The molecule has 2 fully saturated rings. The van der Waals surface area contributed by atoms with Crippen molar-refractivity contribution in [3.8, 4) is 0 Å². The molecule has 19 heavy (non-hydrogen) atoms. The predicted molar refractivity (Wildman–Crippen MR) is 72.3 cm³/mol. The third-order valence-electron chi connectivity index (χ3n) is 3.74. The van der Waals surface area contributed by atoms with E-state index in [0.29, 0.717) is 25.3 Å². The lowest BCUT2D eigenvalue weighted by Crippen LogP contribution is -2.55. The summed E-state index contributed by atoms with van der Waals surface area (Å²) in [5.74, 6) is 0.312. The second-order valence-corrected chi connectivity index (χ2v) is 6.06. The van der Waals surface area contributed by atoms with Gasteiger partial charge in [-0.2, -0.15) is 11.8 Å². The number of rotatable bonds is 3. The smallest absolute Gasteiger partial charge is 0.327 e. The fourth-order valence-corrected chi connectivity index (χ4v) is 3.78. The van der Waals surface area contributed by atoms with E-state index in [1.54, 1.807) is 16.7 Å². The number of carbonyl (C=O) groups excluding carboxylic acids is 1. The van der Waals surface area contributed by atoms with E-state index in [1.807, 2.05) is 0 Å². The molecule has 0 aromatic carbocycles. The highest BCUT2D eigenvalue weighted by Gasteiger charge is 2.38. The number of carboxylic acids is 1. The number of carboxylic acid groups (broad SMARTS) is 1. The van der Waals surface area contributed by atoms with Crippen LogP contribution in [0.15, 0.2) is 0 Å². The number of likely N-dealkylation sites (tertiary alicyclic amines) is 1. The molecular weight excluding hydrogens is 268 g/mol. The van der Waals surface area contributed by atoms with Crippen molar-refractivity contribution in [3.05, 3.63) is 0 Å². The Kier molecular flexibility index (Phi) is 4.93. The average molecular weight is 288 g/mol. The minimum Gasteiger partial charge on any atom is -0.480 e. The molecule has 2 unspecified atom stereocenters. The largest absolute Gasteiger partial charge is 0.480 e. The van der Waals surface area contributed by atoms with Crippen LogP contribution in [0.1, 0.15) is 19.3 Å². The summed E-state index contributed by atoms with van der Waals surface area (Å²) >= 11 is 1.57. The molecule has 7 heteroatoms. The third-order valence-corrected chi connectivity index (χ3v) is 4.77. The first-order valence-electron chi connectivity index (χ1n) is 6.63. The summed E-state index contributed by atoms with van der Waals surface area (Å²) in [7, 11) is 0. The minimum absolute atomic E-state index is 0.0570. The van der Waals surface area contributed by atoms with E-state index >= 15 is 0 Å². The molecule has 2 N–H and O–H groups in total. The zero-order chi connectivity index (χ0) is 13.8. The summed E-state index contributed by atoms with van der Waals surface area (Å²) in [6.07, 6.45) is 2.40. The second kappa shape index (κ2) is 6.47. The molecule has 0 saturated carbocycles. The molecule has 0 aromatic heterocycles. The summed E-state index contributed by atoms with van der Waals surface area (Å²) < 4.78 is 0. The number of hydrogen-bond acceptors (Lipinski definition) is 4. The molecule has 2 saturated heterocycles. The van der Waals surface area contributed by atoms with Gasteiger partial charge in [-0.3, -0.25) is 0 Å². The summed E-state index contributed by atoms with van der Waals surface area (Å²) in [5, 5.41) is 18.2. The van der Waals surface area contributed by atoms with Crippen molar-refractivity contribution in [2.75, 3.05) is 31.2 Å². The van der Waals surface area contributed by atoms with Gasteiger partial charge in [-0.25, -0.2) is 9.59 Å². The Bertz CT molecular complexity index is 353. The summed E-state index contributed by atoms with van der Waals surface area (Å²) in [5.41, 5.74) is 0. The number of aliphatic carboxylic acids is 1. The Morgan fingerprint density at radius 1 is 1.26 bits per heavy atom. The molecule has 0 aliphatic carbocycles. The number of urea groups is 1. The first-order valence-corrected chi connectivity index (χ1v) is 7.79. The molecule has 0 aromatic rings. The van der Waals surface area contributed by atoms with Gasteiger partial charge in [0.25, 0.3) is 0 Å². The van der Waals surface area contributed by atoms with Crippen molar-refractivity contribution < 1.29 is 19.8 Å². The van der Waals surface area contributed by atoms with E-state index in [9.17, 15) is 14.7 Å². The van der Waals surface area contributed by atoms with Crippen molar-refractivity contribution in [2.45, 2.75) is 31.3 Å². The quantitative estimate of drug-likeness (QED) is 0.788. The van der Waals surface area contributed by atoms with E-state index in [2.05, 4.69) is 0 Å². The van der Waals surface area contributed by atoms with Crippen LogP contribution >= 0.6 is 11.8 Å². The van der Waals surface area contributed by atoms with Crippen LogP contribution in [0.4, 0.5) is 4.79 Å². The number of carbonyl (C=O) groups is 2. The van der Waals surface area contributed by atoms with Gasteiger partial charge in [-0.15, -0.1) is 0 Å². The SMILES string of the molecule is O=C(O)C1CSCCN1C(=O)N1CCCC1CCO. The van der Waals surface area contributed by atoms with Gasteiger partial charge in [0.2, 0.25) is 0 Å². The molecule has 2 rings (SSSR count). The fourth-order valence-electron chi connectivity index (χ4n) is 2.74. The van der Waals surface area contributed by atoms with E-state index in [4.69, 9.17) is 5.11 Å². The maximum Gasteiger partial charge on any atom is 0.327 e. The number of nitrogens with zero attached hydrogens (tertiary/aromatic N) is 2. The number of thioether (sulfide) groups is 1. The lowest BCUT2D eigenvalue weighted by molar-refractivity contribution is -0.141. The molecule has 6 nitrogen and oxygen atoms in total. The highest BCUT2D eigenvalue weighted by Crippen LogP contribution is 2.25. The van der Waals surface area contributed by atoms with Gasteiger partial charge in [0.05, 0.1) is 0 Å². The Labute approximate surface area is 116 Å². The normalized spacial score (nSPS) is 27.6. The van der Waals surface area contributed by atoms with Crippen LogP contribution in [0.25, 0.3) is 0 Å². The van der Waals surface area contributed by atoms with E-state index in [1.165, 1.54) is 4.90 Å². The molecule has 2 heterocycles. The number of hydrogen-bond donors (Lipinski definition) is 2. The lowest BCUT2D eigenvalue weighted by Gasteiger charge is -2.37. The topological polar surface area (TPSA) is 81.1 Å². The molecule has 0 radical (unpaired) electrons. The molecule has 108 valence electrons. The van der Waals surface area contributed by atoms with Crippen molar-refractivity contribution in [3.63, 3.8) is 0 Å². The lowest BCUT2D eigenvalue weighted by atomic mass is 10.1. The van der Waals surface area contributed by atoms with Gasteiger partial charge in [0.15, 0.2) is 0 Å². The van der Waals surface area contributed by atoms with Gasteiger partial charge in [-0.1, -0.05) is 0 Å². The fraction of sp³-hybridized carbons (Fsp3) is 0.833. The monoisotopic (exact) mass is 288 g/mol. The van der Waals surface area contributed by atoms with Crippen LogP contribution < -0.4 is 0 Å². The number of aliphatic hydroxyl groups is 1. The van der Waals surface area contributed by atoms with Crippen LogP contribution in [-0.4, -0.2) is 75.3 Å². The predicted octanol–water partition coefficient (Wildman–Crippen LogP) is 0.455. The molecule has 2 atom stereocenters. The van der Waals surface area contributed by atoms with Gasteiger partial charge in [-0.05, 0) is 19.3 Å². The van der Waals surface area contributed by atoms with E-state index in [0.717, 1.165) is 18.6 Å². The van der Waals surface area contributed by atoms with Gasteiger partial charge >= 0.3 is 12.0 Å². The van der Waals surface area contributed by atoms with Crippen molar-refractivity contribution >= 4 is 23.8 Å². The first-order chi connectivity index (χ1) is 9.15. The standard InChI is InChI=1S/C12H20N2O4S/c15-6-3-9-2-1-4-13(9)12(18)14-5-7-19-8-10(14)11(16)17/h9-10,15H,1-8H2,(H,16,17). The molecule has 2 aliphatic rings. The zero-order valence-electron chi connectivity index (χ0n) is 10.8. The van der Waals surface area contributed by atoms with Gasteiger partial charge in [0, 0.05) is 37.2 Å². The number of aliphatic hydroxyl groups excluding tert-OH is 1. The maximum absolute atomic E-state index is 12.5. The van der Waals surface area contributed by atoms with Gasteiger partial charge in [0.1, 0.15) is 6.04 Å². The highest BCUT2D eigenvalue weighted by molar-refractivity contribution is 7.99. The maximum atomic E-state index is 12.5. The van der Waals surface area contributed by atoms with Crippen molar-refractivity contribution in [2.24, 2.45) is 0 Å². The second-order valence-electron chi connectivity index (χ2n) is 4.91. The Hall–Kier alpha value is -0.950. The Morgan fingerprint density at radius 2 is 2.05 bits per heavy atom. The van der Waals surface area contributed by atoms with E-state index in [-0.39, 0.29) is 18.7 Å². The molecule has 0 bridgehead atoms. The van der Waals surface area contributed by atoms with Crippen LogP contribution in [0.3, 0.4) is 0 Å². The van der Waals surface area contributed by atoms with Crippen LogP contribution in [0, 0.1) is 0 Å². The summed E-state index contributed by atoms with van der Waals surface area (Å²) in [6, 6.07) is -0.841. The third kappa shape index (κ3) is 3.14. The van der Waals surface area contributed by atoms with Crippen LogP contribution in [0.5, 0.6) is 0 Å². The summed E-state index contributed by atoms with van der Waals surface area (Å²) in [6.45, 7) is 1.22. The molecular formula is C12H20N2O4S. The average Bonchev–Trinajstić information content (AvgIpc) is 2.86. The molecule has 0 spiro atoms. The Morgan fingerprint density at radius 3 is 2.74 bits per heavy atom. The molecule has 2 amide bonds. The zero-order valence-corrected chi connectivity index (χ0v) is 11.6. The Balaban J connectivity index is 2.06. The molecule has 2 aliphatic heterocycles. The first kappa shape index (κ1) is 14.5. The van der Waals surface area contributed by atoms with E-state index < -0.39 is 12.0 Å². The van der Waals surface area contributed by atoms with Crippen molar-refractivity contribution in [1.82, 2.24) is 9.80 Å².